The van der Waals surface area contributed by atoms with Crippen LogP contribution in [0.4, 0.5) is 5.69 Å². The van der Waals surface area contributed by atoms with Crippen LogP contribution >= 0.6 is 0 Å². The van der Waals surface area contributed by atoms with E-state index in [0.29, 0.717) is 30.5 Å². The maximum atomic E-state index is 12.6. The molecule has 21 heavy (non-hydrogen) atoms. The normalized spacial score (nSPS) is 28.2. The van der Waals surface area contributed by atoms with Gasteiger partial charge < -0.3 is 9.64 Å². The van der Waals surface area contributed by atoms with E-state index in [2.05, 4.69) is 25.1 Å². The van der Waals surface area contributed by atoms with Crippen molar-refractivity contribution >= 4 is 11.6 Å². The Balaban J connectivity index is 1.51. The first-order chi connectivity index (χ1) is 10.3. The summed E-state index contributed by atoms with van der Waals surface area (Å²) in [5, 5.41) is 0. The van der Waals surface area contributed by atoms with Crippen LogP contribution in [0.3, 0.4) is 0 Å². The van der Waals surface area contributed by atoms with E-state index < -0.39 is 0 Å². The lowest BCUT2D eigenvalue weighted by Crippen LogP contribution is -2.29. The topological polar surface area (TPSA) is 32.8 Å². The third-order valence-corrected chi connectivity index (χ3v) is 5.17. The summed E-state index contributed by atoms with van der Waals surface area (Å²) in [7, 11) is 0. The van der Waals surface area contributed by atoms with Crippen molar-refractivity contribution in [2.45, 2.75) is 63.6 Å². The molecule has 112 valence electrons. The molecule has 1 amide bonds. The lowest BCUT2D eigenvalue weighted by Gasteiger charge is -2.17. The van der Waals surface area contributed by atoms with Gasteiger partial charge in [-0.05, 0) is 30.0 Å². The molecule has 3 aliphatic rings. The van der Waals surface area contributed by atoms with Crippen LogP contribution in [0.5, 0.6) is 0 Å². The monoisotopic (exact) mass is 285 g/mol. The lowest BCUT2D eigenvalue weighted by molar-refractivity contribution is -0.118. The van der Waals surface area contributed by atoms with E-state index in [4.69, 9.17) is 4.74 Å². The van der Waals surface area contributed by atoms with Crippen LogP contribution in [0.15, 0.2) is 18.2 Å². The Morgan fingerprint density at radius 1 is 1.33 bits per heavy atom. The summed E-state index contributed by atoms with van der Waals surface area (Å²) in [6, 6.07) is 6.38. The highest BCUT2D eigenvalue weighted by atomic mass is 16.6. The van der Waals surface area contributed by atoms with Crippen LogP contribution in [-0.2, 0) is 9.53 Å². The summed E-state index contributed by atoms with van der Waals surface area (Å²) in [5.74, 6) is 0.808. The zero-order valence-corrected chi connectivity index (χ0v) is 12.7. The number of amides is 1. The minimum atomic E-state index is 0.309. The molecule has 3 heteroatoms. The summed E-state index contributed by atoms with van der Waals surface area (Å²) >= 11 is 0. The van der Waals surface area contributed by atoms with Gasteiger partial charge in [-0.2, -0.15) is 0 Å². The van der Waals surface area contributed by atoms with Crippen molar-refractivity contribution in [1.29, 1.82) is 0 Å². The largest absolute Gasteiger partial charge is 0.364 e. The van der Waals surface area contributed by atoms with Crippen LogP contribution in [0, 0.1) is 0 Å². The van der Waals surface area contributed by atoms with E-state index in [0.717, 1.165) is 25.1 Å². The number of hydrogen-bond donors (Lipinski definition) is 0. The van der Waals surface area contributed by atoms with Gasteiger partial charge in [0, 0.05) is 24.6 Å². The predicted octanol–water partition coefficient (Wildman–Crippen LogP) is 3.93. The van der Waals surface area contributed by atoms with Crippen molar-refractivity contribution in [3.63, 3.8) is 0 Å². The van der Waals surface area contributed by atoms with Crippen molar-refractivity contribution in [1.82, 2.24) is 0 Å². The smallest absolute Gasteiger partial charge is 0.227 e. The van der Waals surface area contributed by atoms with Gasteiger partial charge in [0.25, 0.3) is 0 Å². The third kappa shape index (κ3) is 2.18. The molecule has 1 fully saturated rings. The van der Waals surface area contributed by atoms with Gasteiger partial charge in [0.1, 0.15) is 6.10 Å². The molecular formula is C18H23NO2. The molecule has 0 spiro atoms. The van der Waals surface area contributed by atoms with E-state index in [1.165, 1.54) is 30.4 Å². The molecule has 3 nitrogen and oxygen atoms in total. The van der Waals surface area contributed by atoms with Crippen LogP contribution in [-0.4, -0.2) is 18.6 Å². The lowest BCUT2D eigenvalue weighted by atomic mass is 9.84. The molecule has 2 heterocycles. The van der Waals surface area contributed by atoms with E-state index in [1.54, 1.807) is 0 Å². The Kier molecular flexibility index (Phi) is 3.26. The zero-order valence-electron chi connectivity index (χ0n) is 12.7. The van der Waals surface area contributed by atoms with E-state index >= 15 is 0 Å². The van der Waals surface area contributed by atoms with Gasteiger partial charge in [0.15, 0.2) is 0 Å². The van der Waals surface area contributed by atoms with E-state index in [1.807, 2.05) is 4.90 Å². The standard InChI is InChI=1S/C18H23NO2/c1-2-3-4-5-9-16(20)19-11-12-10-15-18(21-15)13-7-6-8-14(19)17(12)13/h6-8,12,15,18H,2-5,9-11H2,1H3/t12-,15+,18?/m0/s1. The van der Waals surface area contributed by atoms with Gasteiger partial charge >= 0.3 is 0 Å². The second kappa shape index (κ2) is 5.13. The predicted molar refractivity (Wildman–Crippen MR) is 82.5 cm³/mol. The molecule has 0 N–H and O–H groups in total. The molecule has 2 aliphatic heterocycles. The van der Waals surface area contributed by atoms with Crippen LogP contribution in [0.1, 0.15) is 68.6 Å². The van der Waals surface area contributed by atoms with Gasteiger partial charge in [-0.15, -0.1) is 0 Å². The number of epoxide rings is 1. The quantitative estimate of drug-likeness (QED) is 0.606. The highest BCUT2D eigenvalue weighted by Gasteiger charge is 2.51. The number of unbranched alkanes of at least 4 members (excludes halogenated alkanes) is 3. The minimum Gasteiger partial charge on any atom is -0.364 e. The third-order valence-electron chi connectivity index (χ3n) is 5.17. The Bertz CT molecular complexity index is 568. The summed E-state index contributed by atoms with van der Waals surface area (Å²) in [6.45, 7) is 3.07. The number of carbonyl (C=O) groups is 1. The van der Waals surface area contributed by atoms with E-state index in [9.17, 15) is 4.79 Å². The van der Waals surface area contributed by atoms with Crippen LogP contribution in [0.2, 0.25) is 0 Å². The highest BCUT2D eigenvalue weighted by Crippen LogP contribution is 2.56. The fraction of sp³-hybridized carbons (Fsp3) is 0.611. The summed E-state index contributed by atoms with van der Waals surface area (Å²) in [6.07, 6.45) is 7.16. The fourth-order valence-corrected chi connectivity index (χ4v) is 4.05. The first-order valence-corrected chi connectivity index (χ1v) is 8.38. The first-order valence-electron chi connectivity index (χ1n) is 8.38. The van der Waals surface area contributed by atoms with Crippen molar-refractivity contribution in [2.75, 3.05) is 11.4 Å². The molecular weight excluding hydrogens is 262 g/mol. The average Bonchev–Trinajstić information content (AvgIpc) is 3.19. The Morgan fingerprint density at radius 3 is 3.10 bits per heavy atom. The number of hydrogen-bond acceptors (Lipinski definition) is 2. The summed E-state index contributed by atoms with van der Waals surface area (Å²) < 4.78 is 5.75. The fourth-order valence-electron chi connectivity index (χ4n) is 4.05. The molecule has 0 saturated carbocycles. The number of fused-ring (bicyclic) bond motifs is 2. The molecule has 1 aromatic carbocycles. The maximum Gasteiger partial charge on any atom is 0.227 e. The summed E-state index contributed by atoms with van der Waals surface area (Å²) in [4.78, 5) is 14.6. The maximum absolute atomic E-state index is 12.6. The second-order valence-electron chi connectivity index (χ2n) is 6.62. The molecule has 4 rings (SSSR count). The van der Waals surface area contributed by atoms with Crippen LogP contribution in [0.25, 0.3) is 0 Å². The second-order valence-corrected chi connectivity index (χ2v) is 6.62. The Labute approximate surface area is 126 Å². The van der Waals surface area contributed by atoms with Crippen molar-refractivity contribution in [3.8, 4) is 0 Å². The number of nitrogens with zero attached hydrogens (tertiary/aromatic N) is 1. The van der Waals surface area contributed by atoms with Crippen molar-refractivity contribution in [3.05, 3.63) is 29.3 Å². The average molecular weight is 285 g/mol. The number of ether oxygens (including phenoxy) is 1. The molecule has 1 aliphatic carbocycles. The van der Waals surface area contributed by atoms with Crippen LogP contribution < -0.4 is 4.90 Å². The SMILES string of the molecule is CCCCCCC(=O)N1C[C@@H]2C[C@H]3OC3c3cccc1c32. The van der Waals surface area contributed by atoms with Crippen molar-refractivity contribution in [2.24, 2.45) is 0 Å². The van der Waals surface area contributed by atoms with Crippen molar-refractivity contribution < 1.29 is 9.53 Å². The van der Waals surface area contributed by atoms with Gasteiger partial charge in [0.05, 0.1) is 6.10 Å². The molecule has 1 saturated heterocycles. The number of anilines is 1. The molecule has 3 atom stereocenters. The highest BCUT2D eigenvalue weighted by molar-refractivity contribution is 5.96. The van der Waals surface area contributed by atoms with Gasteiger partial charge in [-0.25, -0.2) is 0 Å². The molecule has 1 aromatic rings. The molecule has 0 radical (unpaired) electrons. The molecule has 1 unspecified atom stereocenters. The number of rotatable bonds is 5. The Hall–Kier alpha value is -1.35. The van der Waals surface area contributed by atoms with Gasteiger partial charge in [-0.3, -0.25) is 4.79 Å². The van der Waals surface area contributed by atoms with Gasteiger partial charge in [-0.1, -0.05) is 38.3 Å². The van der Waals surface area contributed by atoms with E-state index in [-0.39, 0.29) is 0 Å². The summed E-state index contributed by atoms with van der Waals surface area (Å²) in [5.41, 5.74) is 3.90. The molecule has 0 bridgehead atoms. The number of benzene rings is 1. The minimum absolute atomic E-state index is 0.309. The first kappa shape index (κ1) is 13.3. The Morgan fingerprint density at radius 2 is 2.24 bits per heavy atom. The number of carbonyl (C=O) groups excluding carboxylic acids is 1. The molecule has 0 aromatic heterocycles. The van der Waals surface area contributed by atoms with Gasteiger partial charge in [0.2, 0.25) is 5.91 Å². The zero-order chi connectivity index (χ0) is 14.4.